The van der Waals surface area contributed by atoms with Gasteiger partial charge in [0.15, 0.2) is 11.6 Å². The number of aryl methyl sites for hydroxylation is 1. The van der Waals surface area contributed by atoms with Gasteiger partial charge in [0.1, 0.15) is 5.69 Å². The van der Waals surface area contributed by atoms with Gasteiger partial charge in [-0.25, -0.2) is 9.37 Å². The van der Waals surface area contributed by atoms with E-state index in [1.54, 1.807) is 50.4 Å². The molecule has 0 spiro atoms. The number of carbonyl (C=O) groups is 1. The molecule has 0 radical (unpaired) electrons. The van der Waals surface area contributed by atoms with E-state index in [0.717, 1.165) is 19.3 Å². The van der Waals surface area contributed by atoms with E-state index in [2.05, 4.69) is 27.1 Å². The first-order valence-corrected chi connectivity index (χ1v) is 9.45. The monoisotopic (exact) mass is 391 g/mol. The molecule has 2 aromatic heterocycles. The zero-order chi connectivity index (χ0) is 20.6. The van der Waals surface area contributed by atoms with E-state index in [1.165, 1.54) is 6.07 Å². The van der Waals surface area contributed by atoms with Gasteiger partial charge in [-0.05, 0) is 62.6 Å². The fourth-order valence-corrected chi connectivity index (χ4v) is 2.85. The molecule has 29 heavy (non-hydrogen) atoms. The molecule has 1 N–H and O–H groups in total. The Bertz CT molecular complexity index is 1090. The van der Waals surface area contributed by atoms with Crippen LogP contribution in [-0.4, -0.2) is 22.5 Å². The van der Waals surface area contributed by atoms with Gasteiger partial charge in [0.2, 0.25) is 0 Å². The van der Waals surface area contributed by atoms with E-state index in [4.69, 9.17) is 4.74 Å². The number of rotatable bonds is 7. The summed E-state index contributed by atoms with van der Waals surface area (Å²) in [5.74, 6) is 4.84. The fourth-order valence-electron chi connectivity index (χ4n) is 2.85. The lowest BCUT2D eigenvalue weighted by atomic mass is 10.1. The number of hydrogen-bond donors (Lipinski definition) is 1. The van der Waals surface area contributed by atoms with E-state index in [-0.39, 0.29) is 17.1 Å². The van der Waals surface area contributed by atoms with Crippen molar-refractivity contribution in [1.82, 2.24) is 9.97 Å². The molecule has 0 aliphatic rings. The van der Waals surface area contributed by atoms with E-state index >= 15 is 0 Å². The SMILES string of the molecule is CC#CCCCCOc1cccc(NC(=O)c2nc3cccnc3cc2C)c1F. The molecule has 2 heterocycles. The van der Waals surface area contributed by atoms with Crippen LogP contribution in [0.2, 0.25) is 0 Å². The second kappa shape index (κ2) is 9.65. The highest BCUT2D eigenvalue weighted by atomic mass is 19.1. The molecule has 1 aromatic carbocycles. The van der Waals surface area contributed by atoms with Gasteiger partial charge in [-0.1, -0.05) is 6.07 Å². The number of anilines is 1. The summed E-state index contributed by atoms with van der Waals surface area (Å²) < 4.78 is 20.3. The Balaban J connectivity index is 1.70. The number of pyridine rings is 2. The van der Waals surface area contributed by atoms with Gasteiger partial charge in [-0.2, -0.15) is 0 Å². The minimum Gasteiger partial charge on any atom is -0.490 e. The topological polar surface area (TPSA) is 64.1 Å². The number of benzene rings is 1. The Kier molecular flexibility index (Phi) is 6.75. The third-order valence-electron chi connectivity index (χ3n) is 4.33. The van der Waals surface area contributed by atoms with Crippen LogP contribution in [0.3, 0.4) is 0 Å². The summed E-state index contributed by atoms with van der Waals surface area (Å²) in [4.78, 5) is 21.3. The molecular formula is C23H22FN3O2. The standard InChI is InChI=1S/C23H22FN3O2/c1-3-4-5-6-7-14-29-20-12-8-10-18(21(20)24)27-23(28)22-16(2)15-19-17(26-22)11-9-13-25-19/h8-13,15H,5-7,14H2,1-2H3,(H,27,28). The number of aromatic nitrogens is 2. The predicted octanol–water partition coefficient (Wildman–Crippen LogP) is 4.90. The van der Waals surface area contributed by atoms with Crippen LogP contribution < -0.4 is 10.1 Å². The molecule has 3 rings (SSSR count). The van der Waals surface area contributed by atoms with E-state index in [1.807, 2.05) is 0 Å². The molecule has 0 saturated heterocycles. The lowest BCUT2D eigenvalue weighted by Gasteiger charge is -2.12. The quantitative estimate of drug-likeness (QED) is 0.459. The average molecular weight is 391 g/mol. The van der Waals surface area contributed by atoms with Gasteiger partial charge >= 0.3 is 0 Å². The van der Waals surface area contributed by atoms with Crippen LogP contribution in [0.1, 0.15) is 42.2 Å². The zero-order valence-electron chi connectivity index (χ0n) is 16.5. The van der Waals surface area contributed by atoms with Crippen LogP contribution in [0, 0.1) is 24.6 Å². The molecule has 0 fully saturated rings. The number of nitrogens with zero attached hydrogens (tertiary/aromatic N) is 2. The number of carbonyl (C=O) groups excluding carboxylic acids is 1. The molecule has 0 aliphatic heterocycles. The molecule has 0 saturated carbocycles. The molecule has 6 heteroatoms. The van der Waals surface area contributed by atoms with Crippen molar-refractivity contribution in [2.24, 2.45) is 0 Å². The first-order valence-electron chi connectivity index (χ1n) is 9.45. The third kappa shape index (κ3) is 5.08. The molecule has 3 aromatic rings. The van der Waals surface area contributed by atoms with Crippen LogP contribution >= 0.6 is 0 Å². The minimum atomic E-state index is -0.602. The number of nitrogens with one attached hydrogen (secondary N) is 1. The number of unbranched alkanes of at least 4 members (excludes halogenated alkanes) is 2. The molecule has 0 aliphatic carbocycles. The smallest absolute Gasteiger partial charge is 0.274 e. The fraction of sp³-hybridized carbons (Fsp3) is 0.261. The highest BCUT2D eigenvalue weighted by Gasteiger charge is 2.16. The van der Waals surface area contributed by atoms with Gasteiger partial charge in [0.05, 0.1) is 23.3 Å². The Morgan fingerprint density at radius 2 is 2.07 bits per heavy atom. The van der Waals surface area contributed by atoms with Crippen LogP contribution in [0.25, 0.3) is 11.0 Å². The number of amides is 1. The van der Waals surface area contributed by atoms with Crippen LogP contribution in [0.5, 0.6) is 5.75 Å². The van der Waals surface area contributed by atoms with Crippen molar-refractivity contribution in [2.45, 2.75) is 33.1 Å². The van der Waals surface area contributed by atoms with Crippen molar-refractivity contribution in [3.05, 3.63) is 59.7 Å². The maximum Gasteiger partial charge on any atom is 0.274 e. The summed E-state index contributed by atoms with van der Waals surface area (Å²) in [6.45, 7) is 3.96. The molecular weight excluding hydrogens is 369 g/mol. The van der Waals surface area contributed by atoms with E-state index < -0.39 is 11.7 Å². The first-order chi connectivity index (χ1) is 14.1. The van der Waals surface area contributed by atoms with Gasteiger partial charge in [-0.3, -0.25) is 9.78 Å². The lowest BCUT2D eigenvalue weighted by Crippen LogP contribution is -2.16. The Labute approximate surface area is 169 Å². The molecule has 5 nitrogen and oxygen atoms in total. The van der Waals surface area contributed by atoms with Gasteiger partial charge in [0, 0.05) is 12.6 Å². The Morgan fingerprint density at radius 3 is 2.90 bits per heavy atom. The summed E-state index contributed by atoms with van der Waals surface area (Å²) in [5, 5.41) is 2.60. The summed E-state index contributed by atoms with van der Waals surface area (Å²) in [7, 11) is 0. The molecule has 148 valence electrons. The molecule has 1 amide bonds. The zero-order valence-corrected chi connectivity index (χ0v) is 16.5. The highest BCUT2D eigenvalue weighted by molar-refractivity contribution is 6.05. The number of hydrogen-bond acceptors (Lipinski definition) is 4. The lowest BCUT2D eigenvalue weighted by molar-refractivity contribution is 0.102. The summed E-state index contributed by atoms with van der Waals surface area (Å²) in [6, 6.07) is 10.00. The maximum absolute atomic E-state index is 14.7. The molecule has 0 bridgehead atoms. The van der Waals surface area contributed by atoms with Crippen molar-refractivity contribution in [2.75, 3.05) is 11.9 Å². The summed E-state index contributed by atoms with van der Waals surface area (Å²) in [5.41, 5.74) is 2.25. The van der Waals surface area contributed by atoms with Crippen molar-refractivity contribution < 1.29 is 13.9 Å². The highest BCUT2D eigenvalue weighted by Crippen LogP contribution is 2.25. The molecule has 0 unspecified atom stereocenters. The number of halogens is 1. The second-order valence-corrected chi connectivity index (χ2v) is 6.50. The largest absolute Gasteiger partial charge is 0.490 e. The second-order valence-electron chi connectivity index (χ2n) is 6.50. The minimum absolute atomic E-state index is 0.0526. The van der Waals surface area contributed by atoms with Crippen molar-refractivity contribution in [3.8, 4) is 17.6 Å². The summed E-state index contributed by atoms with van der Waals surface area (Å²) in [6.07, 6.45) is 4.13. The third-order valence-corrected chi connectivity index (χ3v) is 4.33. The Hall–Kier alpha value is -3.46. The van der Waals surface area contributed by atoms with Crippen LogP contribution in [-0.2, 0) is 0 Å². The van der Waals surface area contributed by atoms with Crippen molar-refractivity contribution in [1.29, 1.82) is 0 Å². The van der Waals surface area contributed by atoms with Crippen molar-refractivity contribution >= 4 is 22.6 Å². The normalized spacial score (nSPS) is 10.3. The van der Waals surface area contributed by atoms with Crippen LogP contribution in [0.4, 0.5) is 10.1 Å². The Morgan fingerprint density at radius 1 is 1.21 bits per heavy atom. The van der Waals surface area contributed by atoms with Gasteiger partial charge < -0.3 is 10.1 Å². The van der Waals surface area contributed by atoms with E-state index in [9.17, 15) is 9.18 Å². The number of fused-ring (bicyclic) bond motifs is 1. The van der Waals surface area contributed by atoms with Crippen molar-refractivity contribution in [3.63, 3.8) is 0 Å². The van der Waals surface area contributed by atoms with Gasteiger partial charge in [0.25, 0.3) is 5.91 Å². The average Bonchev–Trinajstić information content (AvgIpc) is 2.72. The maximum atomic E-state index is 14.7. The predicted molar refractivity (Wildman–Crippen MR) is 111 cm³/mol. The summed E-state index contributed by atoms with van der Waals surface area (Å²) >= 11 is 0. The van der Waals surface area contributed by atoms with Gasteiger partial charge in [-0.15, -0.1) is 11.8 Å². The first kappa shape index (κ1) is 20.3. The van der Waals surface area contributed by atoms with Crippen LogP contribution in [0.15, 0.2) is 42.6 Å². The number of ether oxygens (including phenoxy) is 1. The van der Waals surface area contributed by atoms with E-state index in [0.29, 0.717) is 23.2 Å². The molecule has 0 atom stereocenters.